The van der Waals surface area contributed by atoms with Gasteiger partial charge in [-0.2, -0.15) is 0 Å². The third-order valence-electron chi connectivity index (χ3n) is 3.38. The Balaban J connectivity index is 2.11. The summed E-state index contributed by atoms with van der Waals surface area (Å²) >= 11 is 18.5. The Hall–Kier alpha value is -1.42. The van der Waals surface area contributed by atoms with E-state index in [2.05, 4.69) is 12.2 Å². The van der Waals surface area contributed by atoms with Crippen LogP contribution >= 0.6 is 34.8 Å². The van der Waals surface area contributed by atoms with Crippen LogP contribution in [0.25, 0.3) is 0 Å². The highest BCUT2D eigenvalue weighted by Gasteiger charge is 2.15. The maximum absolute atomic E-state index is 12.4. The highest BCUT2D eigenvalue weighted by molar-refractivity contribution is 6.38. The Morgan fingerprint density at radius 2 is 1.71 bits per heavy atom. The molecule has 128 valence electrons. The number of unbranched alkanes of at least 4 members (excludes halogenated alkanes) is 2. The van der Waals surface area contributed by atoms with Crippen molar-refractivity contribution in [3.05, 3.63) is 57.0 Å². The van der Waals surface area contributed by atoms with E-state index in [-0.39, 0.29) is 5.91 Å². The number of halogens is 3. The molecule has 2 aromatic rings. The monoisotopic (exact) mass is 385 g/mol. The first-order chi connectivity index (χ1) is 11.5. The second kappa shape index (κ2) is 9.16. The first-order valence-electron chi connectivity index (χ1n) is 7.70. The summed E-state index contributed by atoms with van der Waals surface area (Å²) in [6, 6.07) is 10.1. The molecule has 0 spiro atoms. The summed E-state index contributed by atoms with van der Waals surface area (Å²) in [4.78, 5) is 12.4. The van der Waals surface area contributed by atoms with Crippen LogP contribution in [-0.2, 0) is 0 Å². The van der Waals surface area contributed by atoms with Crippen LogP contribution in [0.4, 0.5) is 5.69 Å². The lowest BCUT2D eigenvalue weighted by molar-refractivity contribution is 0.102. The molecule has 0 atom stereocenters. The molecule has 0 saturated carbocycles. The van der Waals surface area contributed by atoms with Crippen LogP contribution in [0.5, 0.6) is 5.75 Å². The predicted molar refractivity (Wildman–Crippen MR) is 101 cm³/mol. The number of hydrogen-bond acceptors (Lipinski definition) is 2. The van der Waals surface area contributed by atoms with E-state index in [4.69, 9.17) is 39.5 Å². The average Bonchev–Trinajstić information content (AvgIpc) is 2.55. The molecule has 24 heavy (non-hydrogen) atoms. The van der Waals surface area contributed by atoms with Crippen molar-refractivity contribution in [1.82, 2.24) is 0 Å². The van der Waals surface area contributed by atoms with Gasteiger partial charge in [0.25, 0.3) is 5.91 Å². The minimum Gasteiger partial charge on any atom is -0.490 e. The van der Waals surface area contributed by atoms with Gasteiger partial charge in [0.05, 0.1) is 27.4 Å². The lowest BCUT2D eigenvalue weighted by atomic mass is 10.2. The summed E-state index contributed by atoms with van der Waals surface area (Å²) < 4.78 is 5.63. The Morgan fingerprint density at radius 3 is 2.33 bits per heavy atom. The van der Waals surface area contributed by atoms with Crippen molar-refractivity contribution in [2.75, 3.05) is 11.9 Å². The quantitative estimate of drug-likeness (QED) is 0.554. The van der Waals surface area contributed by atoms with E-state index in [0.29, 0.717) is 38.7 Å². The molecule has 2 rings (SSSR count). The fourth-order valence-corrected chi connectivity index (χ4v) is 2.89. The molecular weight excluding hydrogens is 369 g/mol. The van der Waals surface area contributed by atoms with E-state index in [9.17, 15) is 4.79 Å². The van der Waals surface area contributed by atoms with E-state index < -0.39 is 0 Å². The molecule has 1 N–H and O–H groups in total. The number of benzene rings is 2. The van der Waals surface area contributed by atoms with E-state index >= 15 is 0 Å². The molecule has 0 saturated heterocycles. The Morgan fingerprint density at radius 1 is 1.04 bits per heavy atom. The second-order valence-electron chi connectivity index (χ2n) is 5.26. The smallest absolute Gasteiger partial charge is 0.255 e. The van der Waals surface area contributed by atoms with E-state index in [0.717, 1.165) is 19.3 Å². The van der Waals surface area contributed by atoms with Crippen LogP contribution in [0.2, 0.25) is 15.1 Å². The third kappa shape index (κ3) is 5.04. The van der Waals surface area contributed by atoms with Crippen LogP contribution in [0, 0.1) is 0 Å². The molecule has 0 fully saturated rings. The van der Waals surface area contributed by atoms with Gasteiger partial charge in [0.1, 0.15) is 0 Å². The van der Waals surface area contributed by atoms with E-state index in [1.165, 1.54) is 12.1 Å². The van der Waals surface area contributed by atoms with Crippen LogP contribution in [-0.4, -0.2) is 12.5 Å². The van der Waals surface area contributed by atoms with Crippen LogP contribution in [0.1, 0.15) is 36.5 Å². The lowest BCUT2D eigenvalue weighted by Gasteiger charge is -2.12. The van der Waals surface area contributed by atoms with Gasteiger partial charge < -0.3 is 10.1 Å². The fraction of sp³-hybridized carbons (Fsp3) is 0.278. The van der Waals surface area contributed by atoms with Crippen LogP contribution < -0.4 is 10.1 Å². The van der Waals surface area contributed by atoms with Gasteiger partial charge in [-0.1, -0.05) is 66.7 Å². The van der Waals surface area contributed by atoms with Gasteiger partial charge in [-0.15, -0.1) is 0 Å². The first-order valence-corrected chi connectivity index (χ1v) is 8.84. The zero-order valence-corrected chi connectivity index (χ0v) is 15.5. The van der Waals surface area contributed by atoms with Gasteiger partial charge in [-0.05, 0) is 30.7 Å². The predicted octanol–water partition coefficient (Wildman–Crippen LogP) is 6.47. The van der Waals surface area contributed by atoms with Crippen molar-refractivity contribution in [2.45, 2.75) is 26.2 Å². The van der Waals surface area contributed by atoms with Crippen molar-refractivity contribution in [3.63, 3.8) is 0 Å². The van der Waals surface area contributed by atoms with Gasteiger partial charge in [-0.25, -0.2) is 0 Å². The summed E-state index contributed by atoms with van der Waals surface area (Å²) in [5.41, 5.74) is 0.863. The molecule has 0 heterocycles. The first kappa shape index (κ1) is 18.9. The molecule has 0 aliphatic heterocycles. The molecule has 2 aromatic carbocycles. The number of hydrogen-bond donors (Lipinski definition) is 1. The Labute approximate surface area is 156 Å². The maximum atomic E-state index is 12.4. The minimum absolute atomic E-state index is 0.309. The average molecular weight is 387 g/mol. The zero-order valence-electron chi connectivity index (χ0n) is 13.2. The van der Waals surface area contributed by atoms with E-state index in [1.807, 2.05) is 0 Å². The van der Waals surface area contributed by atoms with Crippen molar-refractivity contribution in [2.24, 2.45) is 0 Å². The molecule has 1 amide bonds. The largest absolute Gasteiger partial charge is 0.490 e. The van der Waals surface area contributed by atoms with Crippen molar-refractivity contribution in [3.8, 4) is 5.75 Å². The van der Waals surface area contributed by atoms with Crippen LogP contribution in [0.3, 0.4) is 0 Å². The topological polar surface area (TPSA) is 38.3 Å². The fourth-order valence-electron chi connectivity index (χ4n) is 2.11. The Kier molecular flexibility index (Phi) is 7.22. The standard InChI is InChI=1S/C18H18Cl3NO2/c1-2-3-6-9-24-17-14(20)10-12(11-15(17)21)18(23)22-16-8-5-4-7-13(16)19/h4-5,7-8,10-11H,2-3,6,9H2,1H3,(H,22,23). The molecule has 0 aliphatic rings. The number of amides is 1. The number of nitrogens with one attached hydrogen (secondary N) is 1. The molecule has 0 aliphatic carbocycles. The number of para-hydroxylation sites is 1. The highest BCUT2D eigenvalue weighted by Crippen LogP contribution is 2.35. The minimum atomic E-state index is -0.343. The molecule has 6 heteroatoms. The van der Waals surface area contributed by atoms with Crippen LogP contribution in [0.15, 0.2) is 36.4 Å². The number of carbonyl (C=O) groups is 1. The maximum Gasteiger partial charge on any atom is 0.255 e. The number of rotatable bonds is 7. The highest BCUT2D eigenvalue weighted by atomic mass is 35.5. The molecule has 0 bridgehead atoms. The summed E-state index contributed by atoms with van der Waals surface area (Å²) in [6.07, 6.45) is 3.11. The molecule has 0 aromatic heterocycles. The van der Waals surface area contributed by atoms with Crippen molar-refractivity contribution in [1.29, 1.82) is 0 Å². The number of carbonyl (C=O) groups excluding carboxylic acids is 1. The van der Waals surface area contributed by atoms with Gasteiger partial charge in [0.15, 0.2) is 5.75 Å². The summed E-state index contributed by atoms with van der Waals surface area (Å²) in [5, 5.41) is 3.81. The second-order valence-corrected chi connectivity index (χ2v) is 6.48. The summed E-state index contributed by atoms with van der Waals surface area (Å²) in [6.45, 7) is 2.66. The molecule has 0 unspecified atom stereocenters. The number of anilines is 1. The van der Waals surface area contributed by atoms with Gasteiger partial charge >= 0.3 is 0 Å². The molecule has 3 nitrogen and oxygen atoms in total. The number of ether oxygens (including phenoxy) is 1. The van der Waals surface area contributed by atoms with Crippen molar-refractivity contribution < 1.29 is 9.53 Å². The third-order valence-corrected chi connectivity index (χ3v) is 4.27. The van der Waals surface area contributed by atoms with Gasteiger partial charge in [0, 0.05) is 5.56 Å². The normalized spacial score (nSPS) is 10.5. The molecular formula is C18H18Cl3NO2. The summed E-state index contributed by atoms with van der Waals surface area (Å²) in [5.74, 6) is 0.0631. The lowest BCUT2D eigenvalue weighted by Crippen LogP contribution is -2.12. The Bertz CT molecular complexity index is 696. The zero-order chi connectivity index (χ0) is 17.5. The van der Waals surface area contributed by atoms with Gasteiger partial charge in [0.2, 0.25) is 0 Å². The van der Waals surface area contributed by atoms with Crippen molar-refractivity contribution >= 4 is 46.4 Å². The van der Waals surface area contributed by atoms with Gasteiger partial charge in [-0.3, -0.25) is 4.79 Å². The summed E-state index contributed by atoms with van der Waals surface area (Å²) in [7, 11) is 0. The SMILES string of the molecule is CCCCCOc1c(Cl)cc(C(=O)Nc2ccccc2Cl)cc1Cl. The van der Waals surface area contributed by atoms with E-state index in [1.54, 1.807) is 24.3 Å². The molecule has 0 radical (unpaired) electrons.